The van der Waals surface area contributed by atoms with Crippen LogP contribution in [0.5, 0.6) is 0 Å². The van der Waals surface area contributed by atoms with Gasteiger partial charge in [-0.15, -0.1) is 0 Å². The highest BCUT2D eigenvalue weighted by molar-refractivity contribution is 5.77. The van der Waals surface area contributed by atoms with Crippen LogP contribution in [0.25, 0.3) is 0 Å². The van der Waals surface area contributed by atoms with E-state index in [1.807, 2.05) is 17.0 Å². The second-order valence-corrected chi connectivity index (χ2v) is 6.84. The molecule has 0 radical (unpaired) electrons. The van der Waals surface area contributed by atoms with Gasteiger partial charge in [0.1, 0.15) is 5.76 Å². The molecule has 144 valence electrons. The Morgan fingerprint density at radius 1 is 1.35 bits per heavy atom. The molecule has 2 atom stereocenters. The molecule has 1 aromatic rings. The zero-order valence-electron chi connectivity index (χ0n) is 15.2. The molecular formula is C20H29NO5. The Morgan fingerprint density at radius 3 is 2.88 bits per heavy atom. The number of carbonyl (C=O) groups is 2. The van der Waals surface area contributed by atoms with E-state index in [0.29, 0.717) is 25.8 Å². The third-order valence-electron chi connectivity index (χ3n) is 4.70. The fourth-order valence-electron chi connectivity index (χ4n) is 3.31. The van der Waals surface area contributed by atoms with Crippen LogP contribution < -0.4 is 0 Å². The van der Waals surface area contributed by atoms with Crippen LogP contribution in [0.3, 0.4) is 0 Å². The maximum Gasteiger partial charge on any atom is 0.303 e. The van der Waals surface area contributed by atoms with Gasteiger partial charge in [-0.25, -0.2) is 0 Å². The van der Waals surface area contributed by atoms with Gasteiger partial charge >= 0.3 is 5.97 Å². The molecule has 0 aliphatic carbocycles. The van der Waals surface area contributed by atoms with E-state index in [0.717, 1.165) is 37.9 Å². The minimum atomic E-state index is -0.755. The Bertz CT molecular complexity index is 581. The first-order valence-electron chi connectivity index (χ1n) is 9.46. The lowest BCUT2D eigenvalue weighted by Crippen LogP contribution is -2.43. The number of likely N-dealkylation sites (tertiary alicyclic amines) is 1. The monoisotopic (exact) mass is 363 g/mol. The van der Waals surface area contributed by atoms with Gasteiger partial charge in [0.2, 0.25) is 5.91 Å². The highest BCUT2D eigenvalue weighted by Crippen LogP contribution is 2.21. The van der Waals surface area contributed by atoms with Gasteiger partial charge in [-0.3, -0.25) is 9.59 Å². The molecule has 0 aromatic carbocycles. The zero-order chi connectivity index (χ0) is 18.8. The number of unbranched alkanes of at least 4 members (excludes halogenated alkanes) is 3. The lowest BCUT2D eigenvalue weighted by Gasteiger charge is -2.34. The summed E-state index contributed by atoms with van der Waals surface area (Å²) >= 11 is 0. The van der Waals surface area contributed by atoms with Crippen LogP contribution in [-0.4, -0.2) is 45.7 Å². The Balaban J connectivity index is 1.77. The van der Waals surface area contributed by atoms with Gasteiger partial charge in [0.05, 0.1) is 18.4 Å². The van der Waals surface area contributed by atoms with Crippen LogP contribution in [-0.2, 0) is 16.0 Å². The Labute approximate surface area is 154 Å². The van der Waals surface area contributed by atoms with E-state index in [9.17, 15) is 14.7 Å². The molecule has 1 aromatic heterocycles. The maximum absolute atomic E-state index is 12.3. The molecule has 1 amide bonds. The minimum Gasteiger partial charge on any atom is -0.481 e. The predicted octanol–water partition coefficient (Wildman–Crippen LogP) is 3.16. The number of aliphatic hydroxyl groups is 1. The number of piperidine rings is 1. The average molecular weight is 363 g/mol. The van der Waals surface area contributed by atoms with Crippen LogP contribution in [0.15, 0.2) is 35.0 Å². The summed E-state index contributed by atoms with van der Waals surface area (Å²) in [5.74, 6) is 0.145. The third-order valence-corrected chi connectivity index (χ3v) is 4.70. The average Bonchev–Trinajstić information content (AvgIpc) is 3.10. The molecule has 1 aliphatic heterocycles. The van der Waals surface area contributed by atoms with Gasteiger partial charge in [-0.1, -0.05) is 25.0 Å². The summed E-state index contributed by atoms with van der Waals surface area (Å²) in [6.07, 6.45) is 11.0. The highest BCUT2D eigenvalue weighted by atomic mass is 16.4. The quantitative estimate of drug-likeness (QED) is 0.465. The van der Waals surface area contributed by atoms with E-state index >= 15 is 0 Å². The van der Waals surface area contributed by atoms with Crippen molar-refractivity contribution in [1.29, 1.82) is 0 Å². The highest BCUT2D eigenvalue weighted by Gasteiger charge is 2.25. The van der Waals surface area contributed by atoms with Crippen LogP contribution in [0.1, 0.15) is 57.1 Å². The molecular weight excluding hydrogens is 334 g/mol. The van der Waals surface area contributed by atoms with Crippen LogP contribution in [0, 0.1) is 0 Å². The molecule has 2 rings (SSSR count). The van der Waals surface area contributed by atoms with Crippen molar-refractivity contribution in [3.05, 3.63) is 36.3 Å². The van der Waals surface area contributed by atoms with Gasteiger partial charge in [-0.2, -0.15) is 0 Å². The molecule has 6 heteroatoms. The number of carboxylic acid groups (broad SMARTS) is 1. The number of rotatable bonds is 11. The van der Waals surface area contributed by atoms with Crippen molar-refractivity contribution >= 4 is 11.9 Å². The largest absolute Gasteiger partial charge is 0.481 e. The second-order valence-electron chi connectivity index (χ2n) is 6.84. The van der Waals surface area contributed by atoms with Gasteiger partial charge in [-0.05, 0) is 37.8 Å². The minimum absolute atomic E-state index is 0.0292. The number of carbonyl (C=O) groups excluding carboxylic acids is 1. The Kier molecular flexibility index (Phi) is 8.41. The first-order chi connectivity index (χ1) is 12.6. The van der Waals surface area contributed by atoms with Crippen molar-refractivity contribution in [3.63, 3.8) is 0 Å². The van der Waals surface area contributed by atoms with Crippen molar-refractivity contribution in [2.75, 3.05) is 6.54 Å². The molecule has 1 fully saturated rings. The van der Waals surface area contributed by atoms with E-state index < -0.39 is 12.1 Å². The van der Waals surface area contributed by atoms with Crippen LogP contribution in [0.2, 0.25) is 0 Å². The third kappa shape index (κ3) is 7.04. The fourth-order valence-corrected chi connectivity index (χ4v) is 3.31. The number of carboxylic acids is 1. The number of furan rings is 1. The summed E-state index contributed by atoms with van der Waals surface area (Å²) < 4.78 is 5.24. The van der Waals surface area contributed by atoms with Crippen molar-refractivity contribution in [2.45, 2.75) is 69.9 Å². The molecule has 2 heterocycles. The van der Waals surface area contributed by atoms with E-state index in [1.165, 1.54) is 0 Å². The molecule has 1 unspecified atom stereocenters. The number of amides is 1. The van der Waals surface area contributed by atoms with E-state index in [1.54, 1.807) is 18.4 Å². The van der Waals surface area contributed by atoms with Crippen molar-refractivity contribution in [1.82, 2.24) is 4.90 Å². The topological polar surface area (TPSA) is 91.0 Å². The summed E-state index contributed by atoms with van der Waals surface area (Å²) in [6, 6.07) is 3.66. The number of hydrogen-bond donors (Lipinski definition) is 2. The van der Waals surface area contributed by atoms with E-state index in [2.05, 4.69) is 0 Å². The number of aliphatic hydroxyl groups excluding tert-OH is 1. The summed E-state index contributed by atoms with van der Waals surface area (Å²) in [7, 11) is 0. The van der Waals surface area contributed by atoms with Crippen molar-refractivity contribution in [2.24, 2.45) is 0 Å². The number of aliphatic carboxylic acids is 1. The number of nitrogens with zero attached hydrogens (tertiary/aromatic N) is 1. The number of hydrogen-bond acceptors (Lipinski definition) is 4. The summed E-state index contributed by atoms with van der Waals surface area (Å²) in [5.41, 5.74) is 0. The van der Waals surface area contributed by atoms with Gasteiger partial charge in [0.15, 0.2) is 0 Å². The smallest absolute Gasteiger partial charge is 0.303 e. The lowest BCUT2D eigenvalue weighted by atomic mass is 9.99. The first kappa shape index (κ1) is 20.2. The van der Waals surface area contributed by atoms with Crippen LogP contribution in [0.4, 0.5) is 0 Å². The lowest BCUT2D eigenvalue weighted by molar-refractivity contribution is -0.137. The molecule has 1 saturated heterocycles. The first-order valence-corrected chi connectivity index (χ1v) is 9.46. The zero-order valence-corrected chi connectivity index (χ0v) is 15.2. The van der Waals surface area contributed by atoms with Gasteiger partial charge in [0.25, 0.3) is 0 Å². The summed E-state index contributed by atoms with van der Waals surface area (Å²) in [5, 5.41) is 18.8. The van der Waals surface area contributed by atoms with Gasteiger partial charge in [0, 0.05) is 25.8 Å². The Morgan fingerprint density at radius 2 is 2.15 bits per heavy atom. The standard InChI is InChI=1S/C20H29NO5/c22-17(15-18-8-6-14-26-18)12-11-16-7-5-9-19(23)21(16)13-4-2-1-3-10-20(24)25/h6,8,11-12,14,16-17,22H,1-5,7,9-10,13,15H2,(H,24,25)/t16-,17?/m1/s1. The Hall–Kier alpha value is -2.08. The molecule has 2 N–H and O–H groups in total. The molecule has 0 saturated carbocycles. The second kappa shape index (κ2) is 10.8. The molecule has 0 spiro atoms. The molecule has 6 nitrogen and oxygen atoms in total. The molecule has 26 heavy (non-hydrogen) atoms. The normalized spacial score (nSPS) is 19.2. The summed E-state index contributed by atoms with van der Waals surface area (Å²) in [6.45, 7) is 0.690. The van der Waals surface area contributed by atoms with Gasteiger partial charge < -0.3 is 19.5 Å². The van der Waals surface area contributed by atoms with E-state index in [-0.39, 0.29) is 18.4 Å². The predicted molar refractivity (Wildman–Crippen MR) is 97.6 cm³/mol. The van der Waals surface area contributed by atoms with Crippen LogP contribution >= 0.6 is 0 Å². The molecule has 1 aliphatic rings. The molecule has 0 bridgehead atoms. The van der Waals surface area contributed by atoms with E-state index in [4.69, 9.17) is 9.52 Å². The summed E-state index contributed by atoms with van der Waals surface area (Å²) in [4.78, 5) is 24.7. The fraction of sp³-hybridized carbons (Fsp3) is 0.600. The SMILES string of the molecule is O=C(O)CCCCCCN1C(=O)CCC[C@@H]1C=CC(O)Cc1ccco1. The van der Waals surface area contributed by atoms with Crippen molar-refractivity contribution in [3.8, 4) is 0 Å². The van der Waals surface area contributed by atoms with Crippen molar-refractivity contribution < 1.29 is 24.2 Å². The maximum atomic E-state index is 12.3.